The Balaban J connectivity index is 1.50. The largest absolute Gasteiger partial charge is 0.346 e. The van der Waals surface area contributed by atoms with Crippen molar-refractivity contribution < 1.29 is 8.78 Å². The fourth-order valence-electron chi connectivity index (χ4n) is 3.65. The molecule has 1 aromatic heterocycles. The molecule has 27 heavy (non-hydrogen) atoms. The number of benzene rings is 2. The van der Waals surface area contributed by atoms with Gasteiger partial charge in [0.15, 0.2) is 0 Å². The molecule has 0 N–H and O–H groups in total. The number of hydrogen-bond acceptors (Lipinski definition) is 1. The van der Waals surface area contributed by atoms with Crippen molar-refractivity contribution in [3.05, 3.63) is 94.8 Å². The average molecular weight is 366 g/mol. The molecule has 0 amide bonds. The van der Waals surface area contributed by atoms with Gasteiger partial charge >= 0.3 is 0 Å². The van der Waals surface area contributed by atoms with Gasteiger partial charge in [-0.05, 0) is 55.2 Å². The van der Waals surface area contributed by atoms with Crippen molar-refractivity contribution in [1.82, 2.24) is 9.47 Å². The minimum Gasteiger partial charge on any atom is -0.346 e. The fourth-order valence-corrected chi connectivity index (χ4v) is 3.65. The minimum atomic E-state index is -0.511. The van der Waals surface area contributed by atoms with Crippen molar-refractivity contribution in [3.8, 4) is 0 Å². The number of aromatic nitrogens is 1. The summed E-state index contributed by atoms with van der Waals surface area (Å²) in [5, 5.41) is 0. The van der Waals surface area contributed by atoms with Crippen molar-refractivity contribution in [2.75, 3.05) is 0 Å². The van der Waals surface area contributed by atoms with Crippen LogP contribution in [0.1, 0.15) is 35.2 Å². The first-order valence-corrected chi connectivity index (χ1v) is 9.45. The van der Waals surface area contributed by atoms with Crippen LogP contribution in [0.2, 0.25) is 0 Å². The lowest BCUT2D eigenvalue weighted by Gasteiger charge is -2.23. The highest BCUT2D eigenvalue weighted by Gasteiger charge is 2.29. The molecule has 3 aromatic rings. The lowest BCUT2D eigenvalue weighted by molar-refractivity contribution is 0.239. The highest BCUT2D eigenvalue weighted by molar-refractivity contribution is 5.24. The second-order valence-electron chi connectivity index (χ2n) is 7.53. The van der Waals surface area contributed by atoms with E-state index in [1.54, 1.807) is 0 Å². The Bertz CT molecular complexity index is 907. The van der Waals surface area contributed by atoms with Crippen LogP contribution >= 0.6 is 0 Å². The summed E-state index contributed by atoms with van der Waals surface area (Å²) < 4.78 is 29.4. The lowest BCUT2D eigenvalue weighted by atomic mass is 10.1. The summed E-state index contributed by atoms with van der Waals surface area (Å²) >= 11 is 0. The summed E-state index contributed by atoms with van der Waals surface area (Å²) in [5.41, 5.74) is 4.45. The van der Waals surface area contributed by atoms with E-state index in [4.69, 9.17) is 0 Å². The molecule has 1 aliphatic carbocycles. The Kier molecular flexibility index (Phi) is 5.08. The summed E-state index contributed by atoms with van der Waals surface area (Å²) in [7, 11) is 0. The molecule has 1 fully saturated rings. The zero-order valence-corrected chi connectivity index (χ0v) is 15.5. The SMILES string of the molecule is Cc1cccc(Cn2cccc2CN(Cc2cc(F)cc(F)c2)C2CC2)c1. The van der Waals surface area contributed by atoms with E-state index >= 15 is 0 Å². The van der Waals surface area contributed by atoms with Crippen LogP contribution in [0.3, 0.4) is 0 Å². The van der Waals surface area contributed by atoms with E-state index in [9.17, 15) is 8.78 Å². The molecule has 1 saturated carbocycles. The van der Waals surface area contributed by atoms with E-state index in [-0.39, 0.29) is 0 Å². The first-order valence-electron chi connectivity index (χ1n) is 9.45. The van der Waals surface area contributed by atoms with Gasteiger partial charge in [-0.1, -0.05) is 29.8 Å². The van der Waals surface area contributed by atoms with Crippen LogP contribution in [0, 0.1) is 18.6 Å². The minimum absolute atomic E-state index is 0.499. The third kappa shape index (κ3) is 4.64. The van der Waals surface area contributed by atoms with Crippen LogP contribution in [-0.2, 0) is 19.6 Å². The second-order valence-corrected chi connectivity index (χ2v) is 7.53. The predicted molar refractivity (Wildman–Crippen MR) is 103 cm³/mol. The van der Waals surface area contributed by atoms with Gasteiger partial charge in [-0.3, -0.25) is 4.90 Å². The van der Waals surface area contributed by atoms with Crippen molar-refractivity contribution >= 4 is 0 Å². The normalized spacial score (nSPS) is 14.1. The number of nitrogens with zero attached hydrogens (tertiary/aromatic N) is 2. The predicted octanol–water partition coefficient (Wildman–Crippen LogP) is 5.29. The van der Waals surface area contributed by atoms with Crippen molar-refractivity contribution in [3.63, 3.8) is 0 Å². The van der Waals surface area contributed by atoms with E-state index in [2.05, 4.69) is 59.0 Å². The third-order valence-electron chi connectivity index (χ3n) is 5.10. The van der Waals surface area contributed by atoms with Crippen LogP contribution < -0.4 is 0 Å². The smallest absolute Gasteiger partial charge is 0.126 e. The Morgan fingerprint density at radius 2 is 1.70 bits per heavy atom. The molecule has 1 aliphatic rings. The Morgan fingerprint density at radius 1 is 0.926 bits per heavy atom. The van der Waals surface area contributed by atoms with Crippen LogP contribution in [0.15, 0.2) is 60.8 Å². The van der Waals surface area contributed by atoms with Crippen molar-refractivity contribution in [2.45, 2.75) is 45.4 Å². The number of halogens is 2. The van der Waals surface area contributed by atoms with Gasteiger partial charge in [-0.25, -0.2) is 8.78 Å². The molecule has 0 atom stereocenters. The quantitative estimate of drug-likeness (QED) is 0.552. The van der Waals surface area contributed by atoms with Gasteiger partial charge in [0.25, 0.3) is 0 Å². The molecule has 4 heteroatoms. The Labute approximate surface area is 159 Å². The molecular weight excluding hydrogens is 342 g/mol. The summed E-state index contributed by atoms with van der Waals surface area (Å²) in [5.74, 6) is -1.02. The van der Waals surface area contributed by atoms with Gasteiger partial charge < -0.3 is 4.57 Å². The van der Waals surface area contributed by atoms with Gasteiger partial charge in [0.05, 0.1) is 0 Å². The summed E-state index contributed by atoms with van der Waals surface area (Å²) in [6.07, 6.45) is 4.40. The number of rotatable bonds is 7. The average Bonchev–Trinajstić information content (AvgIpc) is 3.36. The first kappa shape index (κ1) is 17.9. The summed E-state index contributed by atoms with van der Waals surface area (Å²) in [6, 6.07) is 17.0. The molecule has 2 aromatic carbocycles. The number of aryl methyl sites for hydroxylation is 1. The maximum Gasteiger partial charge on any atom is 0.126 e. The van der Waals surface area contributed by atoms with Crippen LogP contribution in [0.25, 0.3) is 0 Å². The maximum atomic E-state index is 13.5. The second kappa shape index (κ2) is 7.65. The molecular formula is C23H24F2N2. The molecule has 140 valence electrons. The Hall–Kier alpha value is -2.46. The topological polar surface area (TPSA) is 8.17 Å². The van der Waals surface area contributed by atoms with Gasteiger partial charge in [0.1, 0.15) is 11.6 Å². The van der Waals surface area contributed by atoms with E-state index in [0.29, 0.717) is 18.2 Å². The molecule has 0 aliphatic heterocycles. The van der Waals surface area contributed by atoms with Crippen LogP contribution in [0.4, 0.5) is 8.78 Å². The van der Waals surface area contributed by atoms with Crippen molar-refractivity contribution in [2.24, 2.45) is 0 Å². The monoisotopic (exact) mass is 366 g/mol. The fraction of sp³-hybridized carbons (Fsp3) is 0.304. The van der Waals surface area contributed by atoms with E-state index in [0.717, 1.165) is 32.0 Å². The van der Waals surface area contributed by atoms with Gasteiger partial charge in [0, 0.05) is 43.6 Å². The van der Waals surface area contributed by atoms with E-state index in [1.165, 1.54) is 29.0 Å². The van der Waals surface area contributed by atoms with Gasteiger partial charge in [0.2, 0.25) is 0 Å². The maximum absolute atomic E-state index is 13.5. The lowest BCUT2D eigenvalue weighted by Crippen LogP contribution is -2.26. The summed E-state index contributed by atoms with van der Waals surface area (Å²) in [6.45, 7) is 4.28. The molecule has 2 nitrogen and oxygen atoms in total. The first-order chi connectivity index (χ1) is 13.1. The molecule has 0 radical (unpaired) electrons. The highest BCUT2D eigenvalue weighted by Crippen LogP contribution is 2.30. The number of hydrogen-bond donors (Lipinski definition) is 0. The van der Waals surface area contributed by atoms with Gasteiger partial charge in [-0.2, -0.15) is 0 Å². The Morgan fingerprint density at radius 3 is 2.41 bits per heavy atom. The van der Waals surface area contributed by atoms with Crippen molar-refractivity contribution in [1.29, 1.82) is 0 Å². The third-order valence-corrected chi connectivity index (χ3v) is 5.10. The van der Waals surface area contributed by atoms with Crippen LogP contribution in [-0.4, -0.2) is 15.5 Å². The zero-order chi connectivity index (χ0) is 18.8. The van der Waals surface area contributed by atoms with E-state index < -0.39 is 11.6 Å². The molecule has 0 bridgehead atoms. The van der Waals surface area contributed by atoms with Gasteiger partial charge in [-0.15, -0.1) is 0 Å². The zero-order valence-electron chi connectivity index (χ0n) is 15.5. The molecule has 0 unspecified atom stereocenters. The molecule has 0 saturated heterocycles. The standard InChI is InChI=1S/C23H24F2N2/c1-17-4-2-5-18(10-17)14-26-9-3-6-23(26)16-27(22-7-8-22)15-19-11-20(24)13-21(25)12-19/h2-6,9-13,22H,7-8,14-16H2,1H3. The summed E-state index contributed by atoms with van der Waals surface area (Å²) in [4.78, 5) is 2.33. The van der Waals surface area contributed by atoms with E-state index in [1.807, 2.05) is 0 Å². The molecule has 4 rings (SSSR count). The highest BCUT2D eigenvalue weighted by atomic mass is 19.1. The van der Waals surface area contributed by atoms with Crippen LogP contribution in [0.5, 0.6) is 0 Å². The molecule has 1 heterocycles. The molecule has 0 spiro atoms.